The fourth-order valence-electron chi connectivity index (χ4n) is 2.25. The van der Waals surface area contributed by atoms with Gasteiger partial charge in [-0.15, -0.1) is 0 Å². The van der Waals surface area contributed by atoms with Crippen molar-refractivity contribution >= 4 is 17.6 Å². The third-order valence-electron chi connectivity index (χ3n) is 3.65. The van der Waals surface area contributed by atoms with Gasteiger partial charge in [-0.1, -0.05) is 31.5 Å². The normalized spacial score (nSPS) is 11.6. The van der Waals surface area contributed by atoms with Gasteiger partial charge in [-0.3, -0.25) is 4.79 Å². The first-order valence-corrected chi connectivity index (χ1v) is 8.41. The molecule has 0 radical (unpaired) electrons. The van der Waals surface area contributed by atoms with Gasteiger partial charge in [0.1, 0.15) is 19.1 Å². The Morgan fingerprint density at radius 2 is 1.96 bits per heavy atom. The Morgan fingerprint density at radius 3 is 2.50 bits per heavy atom. The molecule has 0 amide bonds. The second kappa shape index (κ2) is 9.82. The highest BCUT2D eigenvalue weighted by molar-refractivity contribution is 6.32. The van der Waals surface area contributed by atoms with Gasteiger partial charge in [0.05, 0.1) is 18.1 Å². The lowest BCUT2D eigenvalue weighted by Crippen LogP contribution is -2.21. The Bertz CT molecular complexity index is 531. The van der Waals surface area contributed by atoms with Crippen molar-refractivity contribution in [3.05, 3.63) is 28.8 Å². The summed E-state index contributed by atoms with van der Waals surface area (Å²) in [5.74, 6) is 0.0688. The molecule has 0 N–H and O–H groups in total. The zero-order valence-corrected chi connectivity index (χ0v) is 15.2. The van der Waals surface area contributed by atoms with Gasteiger partial charge >= 0.3 is 5.97 Å². The van der Waals surface area contributed by atoms with Crippen molar-refractivity contribution in [1.29, 1.82) is 0 Å². The standard InChI is InChI=1S/C18H25ClF2O3/c1-4-23-17(22)10-18(2,3)8-7-13-5-6-16(15(19)9-13)24-14(11-20)12-21/h5-6,9,14H,4,7-8,10-12H2,1-3H3. The van der Waals surface area contributed by atoms with Crippen LogP contribution in [0.5, 0.6) is 5.75 Å². The second-order valence-corrected chi connectivity index (χ2v) is 6.87. The molecular formula is C18H25ClF2O3. The average Bonchev–Trinajstić information content (AvgIpc) is 2.52. The van der Waals surface area contributed by atoms with E-state index in [9.17, 15) is 13.6 Å². The van der Waals surface area contributed by atoms with Crippen molar-refractivity contribution in [2.75, 3.05) is 20.0 Å². The van der Waals surface area contributed by atoms with Crippen LogP contribution in [0.15, 0.2) is 18.2 Å². The van der Waals surface area contributed by atoms with Crippen LogP contribution in [0.25, 0.3) is 0 Å². The molecule has 1 aromatic carbocycles. The molecular weight excluding hydrogens is 338 g/mol. The van der Waals surface area contributed by atoms with Gasteiger partial charge in [-0.2, -0.15) is 0 Å². The molecule has 1 aromatic rings. The maximum Gasteiger partial charge on any atom is 0.306 e. The van der Waals surface area contributed by atoms with Crippen molar-refractivity contribution < 1.29 is 23.0 Å². The maximum atomic E-state index is 12.5. The molecule has 0 fully saturated rings. The summed E-state index contributed by atoms with van der Waals surface area (Å²) in [6, 6.07) is 5.16. The number of benzene rings is 1. The van der Waals surface area contributed by atoms with Crippen LogP contribution in [0.4, 0.5) is 8.78 Å². The van der Waals surface area contributed by atoms with Crippen LogP contribution in [0.1, 0.15) is 39.2 Å². The lowest BCUT2D eigenvalue weighted by molar-refractivity contribution is -0.145. The number of aryl methyl sites for hydroxylation is 1. The largest absolute Gasteiger partial charge is 0.483 e. The van der Waals surface area contributed by atoms with Gasteiger partial charge in [0.25, 0.3) is 0 Å². The highest BCUT2D eigenvalue weighted by Gasteiger charge is 2.23. The average molecular weight is 363 g/mol. The van der Waals surface area contributed by atoms with Crippen LogP contribution in [0, 0.1) is 5.41 Å². The molecule has 136 valence electrons. The highest BCUT2D eigenvalue weighted by Crippen LogP contribution is 2.31. The maximum absolute atomic E-state index is 12.5. The first kappa shape index (κ1) is 20.7. The summed E-state index contributed by atoms with van der Waals surface area (Å²) in [7, 11) is 0. The molecule has 24 heavy (non-hydrogen) atoms. The summed E-state index contributed by atoms with van der Waals surface area (Å²) < 4.78 is 35.2. The summed E-state index contributed by atoms with van der Waals surface area (Å²) in [4.78, 5) is 11.6. The molecule has 1 rings (SSSR count). The van der Waals surface area contributed by atoms with E-state index in [0.29, 0.717) is 18.1 Å². The van der Waals surface area contributed by atoms with E-state index in [1.807, 2.05) is 19.9 Å². The number of ether oxygens (including phenoxy) is 2. The number of carbonyl (C=O) groups is 1. The van der Waals surface area contributed by atoms with Crippen LogP contribution in [-0.4, -0.2) is 32.0 Å². The molecule has 0 aliphatic rings. The van der Waals surface area contributed by atoms with E-state index < -0.39 is 19.5 Å². The molecule has 0 aliphatic heterocycles. The lowest BCUT2D eigenvalue weighted by atomic mass is 9.83. The number of hydrogen-bond donors (Lipinski definition) is 0. The molecule has 0 spiro atoms. The second-order valence-electron chi connectivity index (χ2n) is 6.46. The summed E-state index contributed by atoms with van der Waals surface area (Å²) in [6.45, 7) is 4.37. The molecule has 0 unspecified atom stereocenters. The third-order valence-corrected chi connectivity index (χ3v) is 3.95. The van der Waals surface area contributed by atoms with E-state index >= 15 is 0 Å². The van der Waals surface area contributed by atoms with Gasteiger partial charge < -0.3 is 9.47 Å². The molecule has 3 nitrogen and oxygen atoms in total. The van der Waals surface area contributed by atoms with Gasteiger partial charge in [0, 0.05) is 0 Å². The SMILES string of the molecule is CCOC(=O)CC(C)(C)CCc1ccc(OC(CF)CF)c(Cl)c1. The van der Waals surface area contributed by atoms with Gasteiger partial charge in [0.15, 0.2) is 6.10 Å². The molecule has 6 heteroatoms. The number of alkyl halides is 2. The van der Waals surface area contributed by atoms with E-state index in [-0.39, 0.29) is 17.1 Å². The Hall–Kier alpha value is -1.36. The summed E-state index contributed by atoms with van der Waals surface area (Å²) in [6.07, 6.45) is 0.726. The number of esters is 1. The minimum Gasteiger partial charge on any atom is -0.483 e. The highest BCUT2D eigenvalue weighted by atomic mass is 35.5. The summed E-state index contributed by atoms with van der Waals surface area (Å²) in [5, 5.41) is 0.322. The van der Waals surface area contributed by atoms with Crippen LogP contribution in [0.3, 0.4) is 0 Å². The minimum absolute atomic E-state index is 0.193. The zero-order chi connectivity index (χ0) is 18.2. The van der Waals surface area contributed by atoms with E-state index in [1.54, 1.807) is 19.1 Å². The summed E-state index contributed by atoms with van der Waals surface area (Å²) >= 11 is 6.12. The Kier molecular flexibility index (Phi) is 8.46. The van der Waals surface area contributed by atoms with Gasteiger partial charge in [-0.25, -0.2) is 8.78 Å². The van der Waals surface area contributed by atoms with Gasteiger partial charge in [-0.05, 0) is 42.9 Å². The van der Waals surface area contributed by atoms with Crippen molar-refractivity contribution in [2.45, 2.75) is 46.1 Å². The number of carbonyl (C=O) groups excluding carboxylic acids is 1. The van der Waals surface area contributed by atoms with E-state index in [1.165, 1.54) is 0 Å². The number of halogens is 3. The molecule has 0 heterocycles. The van der Waals surface area contributed by atoms with Crippen molar-refractivity contribution in [2.24, 2.45) is 5.41 Å². The van der Waals surface area contributed by atoms with Crippen LogP contribution < -0.4 is 4.74 Å². The fourth-order valence-corrected chi connectivity index (χ4v) is 2.50. The lowest BCUT2D eigenvalue weighted by Gasteiger charge is -2.23. The zero-order valence-electron chi connectivity index (χ0n) is 14.4. The van der Waals surface area contributed by atoms with E-state index in [4.69, 9.17) is 21.1 Å². The number of rotatable bonds is 10. The minimum atomic E-state index is -1.13. The van der Waals surface area contributed by atoms with Crippen molar-refractivity contribution in [3.63, 3.8) is 0 Å². The molecule has 0 bridgehead atoms. The molecule has 0 saturated heterocycles. The Morgan fingerprint density at radius 1 is 1.29 bits per heavy atom. The first-order valence-electron chi connectivity index (χ1n) is 8.04. The Balaban J connectivity index is 2.63. The predicted molar refractivity (Wildman–Crippen MR) is 91.2 cm³/mol. The molecule has 0 aromatic heterocycles. The monoisotopic (exact) mass is 362 g/mol. The van der Waals surface area contributed by atoms with Crippen molar-refractivity contribution in [1.82, 2.24) is 0 Å². The number of hydrogen-bond acceptors (Lipinski definition) is 3. The topological polar surface area (TPSA) is 35.5 Å². The third kappa shape index (κ3) is 7.04. The van der Waals surface area contributed by atoms with Crippen LogP contribution >= 0.6 is 11.6 Å². The summed E-state index contributed by atoms with van der Waals surface area (Å²) in [5.41, 5.74) is 0.780. The fraction of sp³-hybridized carbons (Fsp3) is 0.611. The molecule has 0 aliphatic carbocycles. The predicted octanol–water partition coefficient (Wildman–Crippen LogP) is 4.94. The van der Waals surface area contributed by atoms with E-state index in [0.717, 1.165) is 18.4 Å². The quantitative estimate of drug-likeness (QED) is 0.553. The van der Waals surface area contributed by atoms with Gasteiger partial charge in [0.2, 0.25) is 0 Å². The van der Waals surface area contributed by atoms with Crippen molar-refractivity contribution in [3.8, 4) is 5.75 Å². The van der Waals surface area contributed by atoms with Crippen LogP contribution in [0.2, 0.25) is 5.02 Å². The Labute approximate surface area is 147 Å². The molecule has 0 saturated carbocycles. The smallest absolute Gasteiger partial charge is 0.306 e. The first-order chi connectivity index (χ1) is 11.3. The molecule has 0 atom stereocenters. The van der Waals surface area contributed by atoms with Crippen LogP contribution in [-0.2, 0) is 16.0 Å². The van der Waals surface area contributed by atoms with E-state index in [2.05, 4.69) is 0 Å².